The molecule has 1 aliphatic heterocycles. The van der Waals surface area contributed by atoms with Gasteiger partial charge in [0, 0.05) is 24.8 Å². The summed E-state index contributed by atoms with van der Waals surface area (Å²) >= 11 is 5.14. The lowest BCUT2D eigenvalue weighted by atomic mass is 10.1. The average Bonchev–Trinajstić information content (AvgIpc) is 3.25. The lowest BCUT2D eigenvalue weighted by Crippen LogP contribution is -2.33. The van der Waals surface area contributed by atoms with Crippen LogP contribution in [0.25, 0.3) is 10.6 Å². The van der Waals surface area contributed by atoms with Crippen LogP contribution in [-0.4, -0.2) is 29.9 Å². The number of morpholine rings is 1. The molecule has 5 nitrogen and oxygen atoms in total. The van der Waals surface area contributed by atoms with Gasteiger partial charge in [-0.1, -0.05) is 12.1 Å². The number of halogens is 1. The van der Waals surface area contributed by atoms with Crippen LogP contribution in [0.1, 0.15) is 11.7 Å². The van der Waals surface area contributed by atoms with Crippen molar-refractivity contribution in [3.05, 3.63) is 51.8 Å². The summed E-state index contributed by atoms with van der Waals surface area (Å²) in [6.07, 6.45) is 0.142. The number of nitrogens with one attached hydrogen (secondary N) is 3. The highest BCUT2D eigenvalue weighted by atomic mass is 79.9. The van der Waals surface area contributed by atoms with Crippen LogP contribution in [0.4, 0.5) is 11.5 Å². The number of rotatable bonds is 4. The predicted molar refractivity (Wildman–Crippen MR) is 101 cm³/mol. The number of benzene rings is 1. The second-order valence-electron chi connectivity index (χ2n) is 5.58. The van der Waals surface area contributed by atoms with Gasteiger partial charge in [-0.15, -0.1) is 11.3 Å². The Balaban J connectivity index is 1.44. The molecular weight excluding hydrogens is 388 g/mol. The molecule has 1 fully saturated rings. The smallest absolute Gasteiger partial charge is 0.126 e. The van der Waals surface area contributed by atoms with Crippen LogP contribution in [-0.2, 0) is 4.74 Å². The number of aromatic amines is 1. The molecule has 1 unspecified atom stereocenters. The summed E-state index contributed by atoms with van der Waals surface area (Å²) in [6, 6.07) is 14.4. The molecule has 0 amide bonds. The summed E-state index contributed by atoms with van der Waals surface area (Å²) in [6.45, 7) is 2.56. The van der Waals surface area contributed by atoms with E-state index in [9.17, 15) is 0 Å². The maximum absolute atomic E-state index is 5.77. The molecule has 2 aromatic heterocycles. The summed E-state index contributed by atoms with van der Waals surface area (Å²) in [5.74, 6) is 0.873. The molecule has 124 valence electrons. The highest BCUT2D eigenvalue weighted by molar-refractivity contribution is 9.11. The zero-order valence-electron chi connectivity index (χ0n) is 12.9. The fourth-order valence-electron chi connectivity index (χ4n) is 2.68. The number of thiophene rings is 1. The largest absolute Gasteiger partial charge is 0.371 e. The molecule has 3 heterocycles. The number of H-pyrrole nitrogens is 1. The third-order valence-electron chi connectivity index (χ3n) is 3.89. The van der Waals surface area contributed by atoms with Crippen LogP contribution >= 0.6 is 27.3 Å². The van der Waals surface area contributed by atoms with Gasteiger partial charge in [-0.3, -0.25) is 5.10 Å². The summed E-state index contributed by atoms with van der Waals surface area (Å²) in [4.78, 5) is 1.13. The van der Waals surface area contributed by atoms with Crippen LogP contribution in [0.2, 0.25) is 0 Å². The van der Waals surface area contributed by atoms with E-state index in [1.807, 2.05) is 12.1 Å². The first-order valence-corrected chi connectivity index (χ1v) is 9.39. The standard InChI is InChI=1S/C17H17BrN4OS/c18-16-6-5-15(24-16)13-9-17(22-21-13)20-12-3-1-11(2-4-12)14-10-19-7-8-23-14/h1-6,9,14,19H,7-8,10H2,(H2,20,21,22). The van der Waals surface area contributed by atoms with Crippen LogP contribution in [0.5, 0.6) is 0 Å². The molecule has 3 aromatic rings. The molecular formula is C17H17BrN4OS. The summed E-state index contributed by atoms with van der Waals surface area (Å²) in [5.41, 5.74) is 3.15. The molecule has 1 saturated heterocycles. The number of ether oxygens (including phenoxy) is 1. The Morgan fingerprint density at radius 2 is 2.08 bits per heavy atom. The minimum atomic E-state index is 0.142. The van der Waals surface area contributed by atoms with Gasteiger partial charge >= 0.3 is 0 Å². The van der Waals surface area contributed by atoms with Crippen LogP contribution in [0.3, 0.4) is 0 Å². The van der Waals surface area contributed by atoms with Gasteiger partial charge in [-0.2, -0.15) is 5.10 Å². The molecule has 0 spiro atoms. The first kappa shape index (κ1) is 15.8. The summed E-state index contributed by atoms with van der Waals surface area (Å²) < 4.78 is 6.88. The van der Waals surface area contributed by atoms with Gasteiger partial charge in [-0.05, 0) is 45.8 Å². The summed E-state index contributed by atoms with van der Waals surface area (Å²) in [7, 11) is 0. The van der Waals surface area contributed by atoms with Crippen molar-refractivity contribution in [3.8, 4) is 10.6 Å². The van der Waals surface area contributed by atoms with E-state index in [2.05, 4.69) is 67.1 Å². The van der Waals surface area contributed by atoms with E-state index in [0.29, 0.717) is 0 Å². The maximum atomic E-state index is 5.77. The molecule has 0 radical (unpaired) electrons. The van der Waals surface area contributed by atoms with Crippen molar-refractivity contribution >= 4 is 38.8 Å². The van der Waals surface area contributed by atoms with Gasteiger partial charge in [0.15, 0.2) is 0 Å². The zero-order valence-corrected chi connectivity index (χ0v) is 15.3. The number of aromatic nitrogens is 2. The Morgan fingerprint density at radius 1 is 1.21 bits per heavy atom. The summed E-state index contributed by atoms with van der Waals surface area (Å²) in [5, 5.41) is 14.1. The molecule has 4 rings (SSSR count). The Morgan fingerprint density at radius 3 is 2.79 bits per heavy atom. The fraction of sp³-hybridized carbons (Fsp3) is 0.235. The molecule has 1 aliphatic rings. The van der Waals surface area contributed by atoms with Crippen LogP contribution < -0.4 is 10.6 Å². The van der Waals surface area contributed by atoms with E-state index >= 15 is 0 Å². The van der Waals surface area contributed by atoms with Crippen molar-refractivity contribution in [2.24, 2.45) is 0 Å². The Labute approximate surface area is 152 Å². The third kappa shape index (κ3) is 3.54. The second-order valence-corrected chi connectivity index (χ2v) is 8.04. The molecule has 0 saturated carbocycles. The fourth-order valence-corrected chi connectivity index (χ4v) is 4.03. The minimum Gasteiger partial charge on any atom is -0.371 e. The number of nitrogens with zero attached hydrogens (tertiary/aromatic N) is 1. The molecule has 1 atom stereocenters. The van der Waals surface area contributed by atoms with Crippen molar-refractivity contribution in [1.29, 1.82) is 0 Å². The van der Waals surface area contributed by atoms with E-state index < -0.39 is 0 Å². The van der Waals surface area contributed by atoms with Gasteiger partial charge in [0.1, 0.15) is 11.5 Å². The van der Waals surface area contributed by atoms with Gasteiger partial charge in [0.05, 0.1) is 21.4 Å². The van der Waals surface area contributed by atoms with E-state index in [4.69, 9.17) is 4.74 Å². The van der Waals surface area contributed by atoms with Crippen molar-refractivity contribution in [3.63, 3.8) is 0 Å². The number of anilines is 2. The average molecular weight is 405 g/mol. The van der Waals surface area contributed by atoms with Crippen molar-refractivity contribution in [2.75, 3.05) is 25.0 Å². The van der Waals surface area contributed by atoms with Crippen molar-refractivity contribution < 1.29 is 4.74 Å². The van der Waals surface area contributed by atoms with E-state index in [0.717, 1.165) is 45.6 Å². The Hall–Kier alpha value is -1.67. The lowest BCUT2D eigenvalue weighted by Gasteiger charge is -2.24. The quantitative estimate of drug-likeness (QED) is 0.606. The van der Waals surface area contributed by atoms with Crippen molar-refractivity contribution in [1.82, 2.24) is 15.5 Å². The van der Waals surface area contributed by atoms with Crippen LogP contribution in [0.15, 0.2) is 46.3 Å². The molecule has 7 heteroatoms. The lowest BCUT2D eigenvalue weighted by molar-refractivity contribution is 0.0277. The third-order valence-corrected chi connectivity index (χ3v) is 5.54. The number of hydrogen-bond donors (Lipinski definition) is 3. The topological polar surface area (TPSA) is 62.0 Å². The molecule has 0 bridgehead atoms. The first-order chi connectivity index (χ1) is 11.8. The molecule has 24 heavy (non-hydrogen) atoms. The second kappa shape index (κ2) is 7.06. The van der Waals surface area contributed by atoms with E-state index in [1.165, 1.54) is 5.56 Å². The Bertz CT molecular complexity index is 808. The highest BCUT2D eigenvalue weighted by Crippen LogP contribution is 2.31. The SMILES string of the molecule is Brc1ccc(-c2cc(Nc3ccc(C4CNCCO4)cc3)[nH]n2)s1. The number of hydrogen-bond acceptors (Lipinski definition) is 5. The maximum Gasteiger partial charge on any atom is 0.126 e. The van der Waals surface area contributed by atoms with Crippen molar-refractivity contribution in [2.45, 2.75) is 6.10 Å². The van der Waals surface area contributed by atoms with Gasteiger partial charge in [-0.25, -0.2) is 0 Å². The monoisotopic (exact) mass is 404 g/mol. The van der Waals surface area contributed by atoms with E-state index in [1.54, 1.807) is 11.3 Å². The normalized spacial score (nSPS) is 17.8. The van der Waals surface area contributed by atoms with Gasteiger partial charge < -0.3 is 15.4 Å². The Kier molecular flexibility index (Phi) is 4.66. The highest BCUT2D eigenvalue weighted by Gasteiger charge is 2.15. The zero-order chi connectivity index (χ0) is 16.4. The van der Waals surface area contributed by atoms with E-state index in [-0.39, 0.29) is 6.10 Å². The predicted octanol–water partition coefficient (Wildman–Crippen LogP) is 4.31. The molecule has 3 N–H and O–H groups in total. The molecule has 0 aliphatic carbocycles. The first-order valence-electron chi connectivity index (χ1n) is 7.78. The van der Waals surface area contributed by atoms with Gasteiger partial charge in [0.25, 0.3) is 0 Å². The molecule has 1 aromatic carbocycles. The van der Waals surface area contributed by atoms with Gasteiger partial charge in [0.2, 0.25) is 0 Å². The minimum absolute atomic E-state index is 0.142. The van der Waals surface area contributed by atoms with Crippen LogP contribution in [0, 0.1) is 0 Å².